The minimum atomic E-state index is -0.190. The molecular formula is C20H23ClN4O4S. The summed E-state index contributed by atoms with van der Waals surface area (Å²) in [6.45, 7) is 5.36. The molecule has 0 radical (unpaired) electrons. The number of hydrogen-bond acceptors (Lipinski definition) is 7. The van der Waals surface area contributed by atoms with Crippen LogP contribution in [-0.2, 0) is 16.1 Å². The Bertz CT molecular complexity index is 1080. The molecule has 8 nitrogen and oxygen atoms in total. The van der Waals surface area contributed by atoms with Gasteiger partial charge < -0.3 is 14.6 Å². The molecular weight excluding hydrogens is 428 g/mol. The van der Waals surface area contributed by atoms with Gasteiger partial charge in [-0.2, -0.15) is 0 Å². The number of halogens is 1. The van der Waals surface area contributed by atoms with Crippen molar-refractivity contribution in [3.05, 3.63) is 45.4 Å². The van der Waals surface area contributed by atoms with Crippen molar-refractivity contribution in [2.75, 3.05) is 24.3 Å². The summed E-state index contributed by atoms with van der Waals surface area (Å²) in [5, 5.41) is 8.00. The summed E-state index contributed by atoms with van der Waals surface area (Å²) in [5.41, 5.74) is 0.414. The number of aryl methyl sites for hydroxylation is 1. The van der Waals surface area contributed by atoms with Crippen LogP contribution in [0.15, 0.2) is 38.7 Å². The Morgan fingerprint density at radius 3 is 2.93 bits per heavy atom. The van der Waals surface area contributed by atoms with Crippen LogP contribution < -0.4 is 10.9 Å². The van der Waals surface area contributed by atoms with Crippen molar-refractivity contribution in [3.63, 3.8) is 0 Å². The van der Waals surface area contributed by atoms with Crippen LogP contribution in [0, 0.1) is 6.92 Å². The Morgan fingerprint density at radius 2 is 2.20 bits per heavy atom. The maximum absolute atomic E-state index is 13.0. The van der Waals surface area contributed by atoms with Gasteiger partial charge in [0.05, 0.1) is 10.9 Å². The molecule has 0 spiro atoms. The summed E-state index contributed by atoms with van der Waals surface area (Å²) in [6.07, 6.45) is 0.924. The molecule has 0 aliphatic carbocycles. The molecule has 2 heterocycles. The van der Waals surface area contributed by atoms with Crippen molar-refractivity contribution in [2.24, 2.45) is 0 Å². The van der Waals surface area contributed by atoms with E-state index < -0.39 is 0 Å². The predicted molar refractivity (Wildman–Crippen MR) is 117 cm³/mol. The van der Waals surface area contributed by atoms with Crippen LogP contribution in [0.25, 0.3) is 10.9 Å². The number of amides is 1. The van der Waals surface area contributed by atoms with Gasteiger partial charge in [-0.25, -0.2) is 4.98 Å². The fourth-order valence-corrected chi connectivity index (χ4v) is 3.95. The number of hydrogen-bond donors (Lipinski definition) is 1. The monoisotopic (exact) mass is 450 g/mol. The number of rotatable bonds is 10. The zero-order valence-corrected chi connectivity index (χ0v) is 18.4. The molecule has 0 fully saturated rings. The highest BCUT2D eigenvalue weighted by molar-refractivity contribution is 7.99. The molecule has 0 aliphatic rings. The van der Waals surface area contributed by atoms with Gasteiger partial charge in [-0.05, 0) is 38.5 Å². The van der Waals surface area contributed by atoms with E-state index >= 15 is 0 Å². The van der Waals surface area contributed by atoms with E-state index in [0.717, 1.165) is 0 Å². The van der Waals surface area contributed by atoms with E-state index in [1.165, 1.54) is 11.8 Å². The first-order valence-corrected chi connectivity index (χ1v) is 11.0. The van der Waals surface area contributed by atoms with E-state index in [0.29, 0.717) is 64.6 Å². The smallest absolute Gasteiger partial charge is 0.262 e. The van der Waals surface area contributed by atoms with Crippen molar-refractivity contribution in [2.45, 2.75) is 38.4 Å². The van der Waals surface area contributed by atoms with Crippen LogP contribution in [0.5, 0.6) is 0 Å². The molecule has 0 aliphatic heterocycles. The first-order valence-electron chi connectivity index (χ1n) is 9.61. The largest absolute Gasteiger partial charge is 0.382 e. The highest BCUT2D eigenvalue weighted by atomic mass is 35.5. The van der Waals surface area contributed by atoms with Gasteiger partial charge in [-0.3, -0.25) is 14.2 Å². The first kappa shape index (κ1) is 22.3. The van der Waals surface area contributed by atoms with Gasteiger partial charge in [-0.15, -0.1) is 0 Å². The number of carbonyl (C=O) groups is 1. The molecule has 1 aromatic carbocycles. The third-order valence-corrected chi connectivity index (χ3v) is 5.43. The molecule has 30 heavy (non-hydrogen) atoms. The third kappa shape index (κ3) is 5.84. The number of ether oxygens (including phenoxy) is 1. The SMILES string of the molecule is CCOCCCn1c(SCCC(=O)Nc2cc(C)on2)nc2cc(Cl)ccc2c1=O. The number of thioether (sulfide) groups is 1. The molecule has 3 aromatic rings. The van der Waals surface area contributed by atoms with Crippen LogP contribution in [0.2, 0.25) is 5.02 Å². The van der Waals surface area contributed by atoms with Gasteiger partial charge in [0.2, 0.25) is 5.91 Å². The maximum Gasteiger partial charge on any atom is 0.262 e. The van der Waals surface area contributed by atoms with Crippen molar-refractivity contribution in [3.8, 4) is 0 Å². The zero-order valence-electron chi connectivity index (χ0n) is 16.8. The lowest BCUT2D eigenvalue weighted by molar-refractivity contribution is -0.115. The van der Waals surface area contributed by atoms with E-state index in [2.05, 4.69) is 15.5 Å². The molecule has 1 amide bonds. The van der Waals surface area contributed by atoms with Gasteiger partial charge in [0.15, 0.2) is 11.0 Å². The lowest BCUT2D eigenvalue weighted by Gasteiger charge is -2.13. The van der Waals surface area contributed by atoms with E-state index in [1.54, 1.807) is 35.8 Å². The topological polar surface area (TPSA) is 99.2 Å². The van der Waals surface area contributed by atoms with Gasteiger partial charge in [0.25, 0.3) is 5.56 Å². The molecule has 0 atom stereocenters. The van der Waals surface area contributed by atoms with E-state index in [9.17, 15) is 9.59 Å². The Labute approximate surface area is 182 Å². The molecule has 3 rings (SSSR count). The second-order valence-electron chi connectivity index (χ2n) is 6.53. The highest BCUT2D eigenvalue weighted by Crippen LogP contribution is 2.21. The molecule has 0 bridgehead atoms. The number of benzene rings is 1. The third-order valence-electron chi connectivity index (χ3n) is 4.21. The standard InChI is InChI=1S/C20H23ClN4O4S/c1-3-28-9-4-8-25-19(27)15-6-5-14(21)12-16(15)22-20(25)30-10-7-18(26)23-17-11-13(2)29-24-17/h5-6,11-12H,3-4,7-10H2,1-2H3,(H,23,24,26). The lowest BCUT2D eigenvalue weighted by atomic mass is 10.2. The summed E-state index contributed by atoms with van der Waals surface area (Å²) in [4.78, 5) is 29.7. The van der Waals surface area contributed by atoms with Crippen molar-refractivity contribution >= 4 is 46.0 Å². The Balaban J connectivity index is 1.73. The quantitative estimate of drug-likeness (QED) is 0.284. The summed E-state index contributed by atoms with van der Waals surface area (Å²) in [5.74, 6) is 1.26. The number of fused-ring (bicyclic) bond motifs is 1. The number of anilines is 1. The minimum Gasteiger partial charge on any atom is -0.382 e. The molecule has 0 saturated heterocycles. The number of aromatic nitrogens is 3. The van der Waals surface area contributed by atoms with E-state index in [-0.39, 0.29) is 17.9 Å². The molecule has 10 heteroatoms. The summed E-state index contributed by atoms with van der Waals surface area (Å²) in [7, 11) is 0. The highest BCUT2D eigenvalue weighted by Gasteiger charge is 2.13. The lowest BCUT2D eigenvalue weighted by Crippen LogP contribution is -2.24. The van der Waals surface area contributed by atoms with Gasteiger partial charge in [0.1, 0.15) is 5.76 Å². The van der Waals surface area contributed by atoms with Crippen molar-refractivity contribution in [1.82, 2.24) is 14.7 Å². The van der Waals surface area contributed by atoms with E-state index in [4.69, 9.17) is 20.9 Å². The second kappa shape index (κ2) is 10.6. The van der Waals surface area contributed by atoms with Gasteiger partial charge in [0, 0.05) is 43.0 Å². The summed E-state index contributed by atoms with van der Waals surface area (Å²) in [6, 6.07) is 6.69. The second-order valence-corrected chi connectivity index (χ2v) is 8.03. The van der Waals surface area contributed by atoms with E-state index in [1.807, 2.05) is 6.92 Å². The average Bonchev–Trinajstić information content (AvgIpc) is 3.11. The first-order chi connectivity index (χ1) is 14.5. The van der Waals surface area contributed by atoms with Crippen LogP contribution in [0.1, 0.15) is 25.5 Å². The van der Waals surface area contributed by atoms with Crippen LogP contribution in [0.3, 0.4) is 0 Å². The van der Waals surface area contributed by atoms with Crippen LogP contribution in [0.4, 0.5) is 5.82 Å². The Hall–Kier alpha value is -2.36. The number of nitrogens with zero attached hydrogens (tertiary/aromatic N) is 3. The summed E-state index contributed by atoms with van der Waals surface area (Å²) >= 11 is 7.42. The van der Waals surface area contributed by atoms with Gasteiger partial charge in [-0.1, -0.05) is 28.5 Å². The average molecular weight is 451 g/mol. The number of carbonyl (C=O) groups excluding carboxylic acids is 1. The predicted octanol–water partition coefficient (Wildman–Crippen LogP) is 3.89. The molecule has 2 aromatic heterocycles. The minimum absolute atomic E-state index is 0.127. The zero-order chi connectivity index (χ0) is 21.5. The van der Waals surface area contributed by atoms with Crippen LogP contribution >= 0.6 is 23.4 Å². The fourth-order valence-electron chi connectivity index (χ4n) is 2.82. The van der Waals surface area contributed by atoms with Crippen LogP contribution in [-0.4, -0.2) is 39.6 Å². The fraction of sp³-hybridized carbons (Fsp3) is 0.400. The molecule has 160 valence electrons. The maximum atomic E-state index is 13.0. The molecule has 0 unspecified atom stereocenters. The van der Waals surface area contributed by atoms with Crippen molar-refractivity contribution in [1.29, 1.82) is 0 Å². The van der Waals surface area contributed by atoms with Gasteiger partial charge >= 0.3 is 0 Å². The normalized spacial score (nSPS) is 11.2. The Morgan fingerprint density at radius 1 is 1.37 bits per heavy atom. The Kier molecular flexibility index (Phi) is 7.89. The molecule has 1 N–H and O–H groups in total. The number of nitrogens with one attached hydrogen (secondary N) is 1. The molecule has 0 saturated carbocycles. The summed E-state index contributed by atoms with van der Waals surface area (Å²) < 4.78 is 12.0. The van der Waals surface area contributed by atoms with Crippen molar-refractivity contribution < 1.29 is 14.1 Å².